The molecule has 7 nitrogen and oxygen atoms in total. The molecule has 112 valence electrons. The van der Waals surface area contributed by atoms with E-state index in [0.29, 0.717) is 24.1 Å². The zero-order valence-electron chi connectivity index (χ0n) is 11.6. The summed E-state index contributed by atoms with van der Waals surface area (Å²) in [5, 5.41) is 14.3. The maximum absolute atomic E-state index is 11.0. The lowest BCUT2D eigenvalue weighted by Crippen LogP contribution is -2.36. The molecule has 1 aromatic carbocycles. The highest BCUT2D eigenvalue weighted by Crippen LogP contribution is 2.30. The summed E-state index contributed by atoms with van der Waals surface area (Å²) >= 11 is 0. The zero-order chi connectivity index (χ0) is 14.8. The van der Waals surface area contributed by atoms with Crippen LogP contribution in [-0.4, -0.2) is 22.5 Å². The second-order valence-corrected chi connectivity index (χ2v) is 5.43. The molecule has 0 saturated heterocycles. The van der Waals surface area contributed by atoms with E-state index in [0.717, 1.165) is 19.3 Å². The largest absolute Gasteiger partial charge is 0.423 e. The number of nitrogens with one attached hydrogen (secondary N) is 1. The van der Waals surface area contributed by atoms with Crippen molar-refractivity contribution in [1.82, 2.24) is 4.98 Å². The van der Waals surface area contributed by atoms with Crippen LogP contribution in [0.15, 0.2) is 22.6 Å². The van der Waals surface area contributed by atoms with Gasteiger partial charge in [-0.3, -0.25) is 10.1 Å². The minimum absolute atomic E-state index is 0.0386. The van der Waals surface area contributed by atoms with Gasteiger partial charge in [0.15, 0.2) is 11.1 Å². The minimum Gasteiger partial charge on any atom is -0.423 e. The van der Waals surface area contributed by atoms with Gasteiger partial charge in [0, 0.05) is 12.1 Å². The molecule has 0 aliphatic heterocycles. The molecule has 0 spiro atoms. The second kappa shape index (κ2) is 5.69. The Kier molecular flexibility index (Phi) is 3.74. The van der Waals surface area contributed by atoms with Crippen LogP contribution >= 0.6 is 0 Å². The van der Waals surface area contributed by atoms with Gasteiger partial charge in [0.2, 0.25) is 0 Å². The van der Waals surface area contributed by atoms with Gasteiger partial charge in [0.25, 0.3) is 11.7 Å². The predicted molar refractivity (Wildman–Crippen MR) is 79.1 cm³/mol. The van der Waals surface area contributed by atoms with Crippen LogP contribution in [0.25, 0.3) is 11.1 Å². The third kappa shape index (κ3) is 2.69. The first kappa shape index (κ1) is 13.8. The molecule has 2 aromatic rings. The maximum atomic E-state index is 11.0. The Bertz CT molecular complexity index is 655. The first-order chi connectivity index (χ1) is 10.2. The summed E-state index contributed by atoms with van der Waals surface area (Å²) < 4.78 is 5.59. The minimum atomic E-state index is -0.446. The summed E-state index contributed by atoms with van der Waals surface area (Å²) in [7, 11) is 0. The third-order valence-electron chi connectivity index (χ3n) is 4.12. The second-order valence-electron chi connectivity index (χ2n) is 5.43. The number of fused-ring (bicyclic) bond motifs is 1. The Morgan fingerprint density at radius 1 is 1.43 bits per heavy atom. The van der Waals surface area contributed by atoms with Gasteiger partial charge >= 0.3 is 0 Å². The zero-order valence-corrected chi connectivity index (χ0v) is 11.6. The van der Waals surface area contributed by atoms with Gasteiger partial charge in [-0.15, -0.1) is 0 Å². The van der Waals surface area contributed by atoms with Crippen LogP contribution in [0, 0.1) is 16.0 Å². The van der Waals surface area contributed by atoms with Crippen LogP contribution in [0.1, 0.15) is 25.7 Å². The van der Waals surface area contributed by atoms with E-state index in [1.165, 1.54) is 12.5 Å². The van der Waals surface area contributed by atoms with Crippen molar-refractivity contribution >= 4 is 22.8 Å². The van der Waals surface area contributed by atoms with Gasteiger partial charge in [-0.05, 0) is 31.4 Å². The summed E-state index contributed by atoms with van der Waals surface area (Å²) in [6.07, 6.45) is 4.45. The highest BCUT2D eigenvalue weighted by molar-refractivity contribution is 5.84. The normalized spacial score (nSPS) is 22.3. The number of nitrogens with two attached hydrogens (primary N) is 1. The Labute approximate surface area is 121 Å². The number of aromatic nitrogens is 1. The molecule has 2 atom stereocenters. The van der Waals surface area contributed by atoms with Crippen LogP contribution in [0.5, 0.6) is 0 Å². The molecule has 1 aromatic heterocycles. The van der Waals surface area contributed by atoms with Crippen molar-refractivity contribution in [2.75, 3.05) is 11.9 Å². The van der Waals surface area contributed by atoms with Crippen LogP contribution in [0.3, 0.4) is 0 Å². The summed E-state index contributed by atoms with van der Waals surface area (Å²) in [6, 6.07) is 5.26. The molecule has 2 unspecified atom stereocenters. The molecule has 1 aliphatic carbocycles. The number of anilines is 1. The van der Waals surface area contributed by atoms with Gasteiger partial charge in [-0.2, -0.15) is 4.98 Å². The highest BCUT2D eigenvalue weighted by Gasteiger charge is 2.26. The molecule has 7 heteroatoms. The molecule has 1 heterocycles. The van der Waals surface area contributed by atoms with Crippen molar-refractivity contribution in [3.05, 3.63) is 28.3 Å². The lowest BCUT2D eigenvalue weighted by atomic mass is 9.85. The molecule has 1 aliphatic rings. The maximum Gasteiger partial charge on any atom is 0.298 e. The Morgan fingerprint density at radius 2 is 2.24 bits per heavy atom. The summed E-state index contributed by atoms with van der Waals surface area (Å²) in [5.41, 5.74) is 6.47. The van der Waals surface area contributed by atoms with Crippen LogP contribution in [0.2, 0.25) is 0 Å². The first-order valence-electron chi connectivity index (χ1n) is 7.19. The van der Waals surface area contributed by atoms with Crippen LogP contribution in [-0.2, 0) is 0 Å². The summed E-state index contributed by atoms with van der Waals surface area (Å²) in [4.78, 5) is 14.8. The predicted octanol–water partition coefficient (Wildman–Crippen LogP) is 2.67. The molecule has 0 radical (unpaired) electrons. The Balaban J connectivity index is 1.87. The van der Waals surface area contributed by atoms with Gasteiger partial charge in [0.05, 0.1) is 4.92 Å². The van der Waals surface area contributed by atoms with Crippen molar-refractivity contribution in [1.29, 1.82) is 0 Å². The number of hydrogen-bond acceptors (Lipinski definition) is 6. The number of non-ortho nitro benzene ring substituents is 1. The fourth-order valence-corrected chi connectivity index (χ4v) is 2.98. The molecular weight excluding hydrogens is 272 g/mol. The van der Waals surface area contributed by atoms with Crippen LogP contribution in [0.4, 0.5) is 11.7 Å². The Hall–Kier alpha value is -2.15. The third-order valence-corrected chi connectivity index (χ3v) is 4.12. The number of hydrogen-bond donors (Lipinski definition) is 2. The van der Waals surface area contributed by atoms with E-state index >= 15 is 0 Å². The van der Waals surface area contributed by atoms with Crippen LogP contribution < -0.4 is 11.1 Å². The summed E-state index contributed by atoms with van der Waals surface area (Å²) in [5.74, 6) is 0.392. The number of benzene rings is 1. The molecule has 21 heavy (non-hydrogen) atoms. The smallest absolute Gasteiger partial charge is 0.298 e. The Morgan fingerprint density at radius 3 is 3.00 bits per heavy atom. The molecule has 3 rings (SSSR count). The quantitative estimate of drug-likeness (QED) is 0.662. The molecule has 1 fully saturated rings. The van der Waals surface area contributed by atoms with Gasteiger partial charge in [-0.25, -0.2) is 0 Å². The number of rotatable bonds is 4. The molecule has 1 saturated carbocycles. The fraction of sp³-hybridized carbons (Fsp3) is 0.500. The monoisotopic (exact) mass is 290 g/mol. The van der Waals surface area contributed by atoms with Gasteiger partial charge < -0.3 is 15.5 Å². The number of oxazole rings is 1. The summed E-state index contributed by atoms with van der Waals surface area (Å²) in [6.45, 7) is 0.623. The van der Waals surface area contributed by atoms with E-state index in [-0.39, 0.29) is 17.2 Å². The van der Waals surface area contributed by atoms with Crippen molar-refractivity contribution < 1.29 is 9.34 Å². The lowest BCUT2D eigenvalue weighted by Gasteiger charge is -2.30. The fourth-order valence-electron chi connectivity index (χ4n) is 2.98. The van der Waals surface area contributed by atoms with Crippen molar-refractivity contribution in [3.63, 3.8) is 0 Å². The van der Waals surface area contributed by atoms with Gasteiger partial charge in [0.1, 0.15) is 0 Å². The van der Waals surface area contributed by atoms with Crippen molar-refractivity contribution in [3.8, 4) is 0 Å². The number of nitrogens with zero attached hydrogens (tertiary/aromatic N) is 2. The highest BCUT2D eigenvalue weighted by atomic mass is 16.6. The standard InChI is InChI=1S/C14H18N4O3/c15-8-9-4-1-2-5-10(9)16-14-17-13-11(18(19)20)6-3-7-12(13)21-14/h3,6-7,9-10H,1-2,4-5,8,15H2,(H,16,17). The van der Waals surface area contributed by atoms with E-state index in [2.05, 4.69) is 10.3 Å². The molecular formula is C14H18N4O3. The van der Waals surface area contributed by atoms with E-state index in [4.69, 9.17) is 10.2 Å². The average Bonchev–Trinajstić information content (AvgIpc) is 2.89. The first-order valence-corrected chi connectivity index (χ1v) is 7.19. The van der Waals surface area contributed by atoms with Crippen molar-refractivity contribution in [2.24, 2.45) is 11.7 Å². The molecule has 3 N–H and O–H groups in total. The van der Waals surface area contributed by atoms with E-state index < -0.39 is 4.92 Å². The SMILES string of the molecule is NCC1CCCCC1Nc1nc2c([N+](=O)[O-])cccc2o1. The lowest BCUT2D eigenvalue weighted by molar-refractivity contribution is -0.383. The van der Waals surface area contributed by atoms with E-state index in [9.17, 15) is 10.1 Å². The number of para-hydroxylation sites is 1. The number of nitro benzene ring substituents is 1. The van der Waals surface area contributed by atoms with Crippen molar-refractivity contribution in [2.45, 2.75) is 31.7 Å². The number of nitro groups is 1. The van der Waals surface area contributed by atoms with E-state index in [1.807, 2.05) is 0 Å². The molecule has 0 amide bonds. The molecule has 0 bridgehead atoms. The van der Waals surface area contributed by atoms with E-state index in [1.54, 1.807) is 12.1 Å². The topological polar surface area (TPSA) is 107 Å². The average molecular weight is 290 g/mol. The van der Waals surface area contributed by atoms with Gasteiger partial charge in [-0.1, -0.05) is 18.9 Å².